The van der Waals surface area contributed by atoms with E-state index in [9.17, 15) is 15.0 Å². The summed E-state index contributed by atoms with van der Waals surface area (Å²) >= 11 is 0. The third-order valence-corrected chi connectivity index (χ3v) is 6.53. The van der Waals surface area contributed by atoms with Crippen molar-refractivity contribution in [3.63, 3.8) is 0 Å². The minimum atomic E-state index is -1.08. The van der Waals surface area contributed by atoms with Crippen LogP contribution in [0.3, 0.4) is 0 Å². The summed E-state index contributed by atoms with van der Waals surface area (Å²) in [6, 6.07) is 21.7. The molecule has 0 saturated heterocycles. The van der Waals surface area contributed by atoms with Gasteiger partial charge < -0.3 is 20.3 Å². The van der Waals surface area contributed by atoms with E-state index in [1.165, 1.54) is 11.1 Å². The van der Waals surface area contributed by atoms with Crippen LogP contribution in [0.15, 0.2) is 66.7 Å². The predicted molar refractivity (Wildman–Crippen MR) is 129 cm³/mol. The van der Waals surface area contributed by atoms with Crippen molar-refractivity contribution in [2.24, 2.45) is 0 Å². The maximum Gasteiger partial charge on any atom is 0.407 e. The number of fused-ring (bicyclic) bond motifs is 4. The second-order valence-corrected chi connectivity index (χ2v) is 8.68. The van der Waals surface area contributed by atoms with Gasteiger partial charge in [0.1, 0.15) is 12.7 Å². The molecule has 0 spiro atoms. The fraction of sp³-hybridized carbons (Fsp3) is 0.259. The molecule has 2 atom stereocenters. The zero-order valence-electron chi connectivity index (χ0n) is 18.9. The molecule has 7 nitrogen and oxygen atoms in total. The number of carbonyl (C=O) groups excluding carboxylic acids is 1. The molecular weight excluding hydrogens is 430 g/mol. The Morgan fingerprint density at radius 2 is 1.74 bits per heavy atom. The molecule has 2 unspecified atom stereocenters. The third-order valence-electron chi connectivity index (χ3n) is 6.53. The van der Waals surface area contributed by atoms with Gasteiger partial charge in [0.25, 0.3) is 0 Å². The molecule has 0 saturated carbocycles. The first kappa shape index (κ1) is 22.1. The first-order valence-electron chi connectivity index (χ1n) is 11.4. The summed E-state index contributed by atoms with van der Waals surface area (Å²) in [4.78, 5) is 12.3. The number of aromatic nitrogens is 2. The summed E-state index contributed by atoms with van der Waals surface area (Å²) in [5, 5.41) is 31.7. The molecule has 0 bridgehead atoms. The molecule has 1 amide bonds. The summed E-state index contributed by atoms with van der Waals surface area (Å²) < 4.78 is 5.51. The lowest BCUT2D eigenvalue weighted by molar-refractivity contribution is 0.0137. The van der Waals surface area contributed by atoms with Crippen molar-refractivity contribution in [1.29, 1.82) is 0 Å². The van der Waals surface area contributed by atoms with E-state index in [4.69, 9.17) is 4.74 Å². The Balaban J connectivity index is 1.13. The van der Waals surface area contributed by atoms with Gasteiger partial charge in [-0.3, -0.25) is 5.10 Å². The Labute approximate surface area is 197 Å². The topological polar surface area (TPSA) is 107 Å². The molecule has 3 aromatic carbocycles. The quantitative estimate of drug-likeness (QED) is 0.333. The van der Waals surface area contributed by atoms with Gasteiger partial charge in [0.05, 0.1) is 11.6 Å². The highest BCUT2D eigenvalue weighted by Crippen LogP contribution is 2.44. The summed E-state index contributed by atoms with van der Waals surface area (Å²) in [5.74, 6) is -0.00819. The summed E-state index contributed by atoms with van der Waals surface area (Å²) in [5.41, 5.74) is 6.91. The van der Waals surface area contributed by atoms with E-state index < -0.39 is 18.3 Å². The van der Waals surface area contributed by atoms with Crippen LogP contribution in [-0.2, 0) is 4.74 Å². The first-order chi connectivity index (χ1) is 16.5. The molecule has 4 N–H and O–H groups in total. The highest BCUT2D eigenvalue weighted by Gasteiger charge is 2.29. The smallest absolute Gasteiger partial charge is 0.407 e. The van der Waals surface area contributed by atoms with Crippen LogP contribution >= 0.6 is 0 Å². The van der Waals surface area contributed by atoms with E-state index in [0.717, 1.165) is 27.7 Å². The molecule has 1 aromatic heterocycles. The van der Waals surface area contributed by atoms with Gasteiger partial charge in [0.2, 0.25) is 0 Å². The SMILES string of the molecule is Cc1[nH]nc2cc(C(O)C(O)CCNC(=O)OCC3c4ccccc4-c4ccccc43)ccc12. The molecule has 1 aliphatic rings. The van der Waals surface area contributed by atoms with Crippen LogP contribution in [0.1, 0.15) is 40.8 Å². The van der Waals surface area contributed by atoms with Gasteiger partial charge in [-0.05, 0) is 47.2 Å². The number of aryl methyl sites for hydroxylation is 1. The second kappa shape index (κ2) is 9.29. The van der Waals surface area contributed by atoms with Crippen molar-refractivity contribution >= 4 is 17.0 Å². The summed E-state index contributed by atoms with van der Waals surface area (Å²) in [7, 11) is 0. The molecule has 5 rings (SSSR count). The highest BCUT2D eigenvalue weighted by atomic mass is 16.5. The number of hydrogen-bond donors (Lipinski definition) is 4. The lowest BCUT2D eigenvalue weighted by Gasteiger charge is -2.19. The maximum absolute atomic E-state index is 12.3. The van der Waals surface area contributed by atoms with E-state index in [0.29, 0.717) is 5.56 Å². The van der Waals surface area contributed by atoms with E-state index in [1.54, 1.807) is 12.1 Å². The molecule has 1 heterocycles. The van der Waals surface area contributed by atoms with Crippen molar-refractivity contribution in [2.75, 3.05) is 13.2 Å². The van der Waals surface area contributed by atoms with Crippen molar-refractivity contribution in [3.8, 4) is 11.1 Å². The van der Waals surface area contributed by atoms with Crippen LogP contribution in [0.2, 0.25) is 0 Å². The Hall–Kier alpha value is -3.68. The molecule has 4 aromatic rings. The van der Waals surface area contributed by atoms with Gasteiger partial charge in [0, 0.05) is 23.5 Å². The van der Waals surface area contributed by atoms with Crippen molar-refractivity contribution in [1.82, 2.24) is 15.5 Å². The molecule has 1 aliphatic carbocycles. The number of hydrogen-bond acceptors (Lipinski definition) is 5. The maximum atomic E-state index is 12.3. The fourth-order valence-corrected chi connectivity index (χ4v) is 4.70. The number of aliphatic hydroxyl groups excluding tert-OH is 2. The molecule has 0 fully saturated rings. The highest BCUT2D eigenvalue weighted by molar-refractivity contribution is 5.82. The Morgan fingerprint density at radius 1 is 1.06 bits per heavy atom. The average Bonchev–Trinajstić information content (AvgIpc) is 3.39. The number of aliphatic hydroxyl groups is 2. The van der Waals surface area contributed by atoms with Crippen molar-refractivity contribution in [3.05, 3.63) is 89.1 Å². The number of nitrogens with zero attached hydrogens (tertiary/aromatic N) is 1. The number of benzene rings is 3. The number of aromatic amines is 1. The van der Waals surface area contributed by atoms with Crippen molar-refractivity contribution < 1.29 is 19.7 Å². The standard InChI is InChI=1S/C27H27N3O4/c1-16-18-11-10-17(14-24(18)30-29-16)26(32)25(31)12-13-28-27(33)34-15-23-21-8-4-2-6-19(21)20-7-3-5-9-22(20)23/h2-11,14,23,25-26,31-32H,12-13,15H2,1H3,(H,28,33)(H,29,30). The van der Waals surface area contributed by atoms with Gasteiger partial charge in [-0.2, -0.15) is 5.10 Å². The molecular formula is C27H27N3O4. The van der Waals surface area contributed by atoms with Crippen LogP contribution in [0.25, 0.3) is 22.0 Å². The normalized spacial score (nSPS) is 14.4. The van der Waals surface area contributed by atoms with Gasteiger partial charge in [-0.1, -0.05) is 60.7 Å². The number of amides is 1. The molecule has 7 heteroatoms. The minimum Gasteiger partial charge on any atom is -0.449 e. The Bertz CT molecular complexity index is 1290. The van der Waals surface area contributed by atoms with Gasteiger partial charge in [0.15, 0.2) is 0 Å². The van der Waals surface area contributed by atoms with Crippen LogP contribution in [0.5, 0.6) is 0 Å². The average molecular weight is 458 g/mol. The first-order valence-corrected chi connectivity index (χ1v) is 11.4. The number of ether oxygens (including phenoxy) is 1. The Kier molecular flexibility index (Phi) is 6.04. The molecule has 174 valence electrons. The van der Waals surface area contributed by atoms with Crippen molar-refractivity contribution in [2.45, 2.75) is 31.5 Å². The molecule has 0 aliphatic heterocycles. The summed E-state index contributed by atoms with van der Waals surface area (Å²) in [6.07, 6.45) is -2.47. The number of nitrogens with one attached hydrogen (secondary N) is 2. The van der Waals surface area contributed by atoms with Crippen LogP contribution in [0.4, 0.5) is 4.79 Å². The number of alkyl carbamates (subject to hydrolysis) is 1. The van der Waals surface area contributed by atoms with Gasteiger partial charge >= 0.3 is 6.09 Å². The largest absolute Gasteiger partial charge is 0.449 e. The summed E-state index contributed by atoms with van der Waals surface area (Å²) in [6.45, 7) is 2.34. The lowest BCUT2D eigenvalue weighted by atomic mass is 9.98. The number of carbonyl (C=O) groups is 1. The van der Waals surface area contributed by atoms with E-state index >= 15 is 0 Å². The monoisotopic (exact) mass is 457 g/mol. The predicted octanol–water partition coefficient (Wildman–Crippen LogP) is 4.19. The van der Waals surface area contributed by atoms with E-state index in [1.807, 2.05) is 37.3 Å². The van der Waals surface area contributed by atoms with Gasteiger partial charge in [-0.25, -0.2) is 4.79 Å². The van der Waals surface area contributed by atoms with E-state index in [2.05, 4.69) is 39.8 Å². The second-order valence-electron chi connectivity index (χ2n) is 8.68. The number of H-pyrrole nitrogens is 1. The fourth-order valence-electron chi connectivity index (χ4n) is 4.70. The van der Waals surface area contributed by atoms with E-state index in [-0.39, 0.29) is 25.5 Å². The van der Waals surface area contributed by atoms with Gasteiger partial charge in [-0.15, -0.1) is 0 Å². The zero-order chi connectivity index (χ0) is 23.7. The van der Waals surface area contributed by atoms with Crippen LogP contribution in [-0.4, -0.2) is 45.8 Å². The number of rotatable bonds is 7. The Morgan fingerprint density at radius 3 is 2.44 bits per heavy atom. The van der Waals surface area contributed by atoms with Crippen LogP contribution < -0.4 is 5.32 Å². The molecule has 34 heavy (non-hydrogen) atoms. The molecule has 0 radical (unpaired) electrons. The third kappa shape index (κ3) is 4.16. The van der Waals surface area contributed by atoms with Crippen LogP contribution in [0, 0.1) is 6.92 Å². The zero-order valence-corrected chi connectivity index (χ0v) is 18.9. The lowest BCUT2D eigenvalue weighted by Crippen LogP contribution is -2.30. The minimum absolute atomic E-state index is 0.00819.